The molecule has 0 bridgehead atoms. The molecule has 1 atom stereocenters. The fourth-order valence-electron chi connectivity index (χ4n) is 4.56. The van der Waals surface area contributed by atoms with Crippen LogP contribution in [0.15, 0.2) is 55.0 Å². The molecule has 1 aliphatic rings. The van der Waals surface area contributed by atoms with E-state index in [0.717, 1.165) is 35.4 Å². The van der Waals surface area contributed by atoms with Crippen LogP contribution in [0.25, 0.3) is 16.8 Å². The van der Waals surface area contributed by atoms with Gasteiger partial charge >= 0.3 is 0 Å². The minimum atomic E-state index is -0.319. The zero-order chi connectivity index (χ0) is 24.6. The van der Waals surface area contributed by atoms with Crippen molar-refractivity contribution in [2.24, 2.45) is 0 Å². The summed E-state index contributed by atoms with van der Waals surface area (Å²) in [5.74, 6) is 1.56. The molecule has 1 aromatic carbocycles. The monoisotopic (exact) mass is 467 g/mol. The number of nitrogens with zero attached hydrogens (tertiary/aromatic N) is 5. The van der Waals surface area contributed by atoms with Gasteiger partial charge in [-0.1, -0.05) is 12.1 Å². The van der Waals surface area contributed by atoms with Gasteiger partial charge in [-0.2, -0.15) is 5.26 Å². The number of nitrogens with two attached hydrogens (primary N) is 1. The molecule has 4 aromatic rings. The third-order valence-electron chi connectivity index (χ3n) is 6.22. The van der Waals surface area contributed by atoms with Crippen molar-refractivity contribution < 1.29 is 9.53 Å². The van der Waals surface area contributed by atoms with Crippen LogP contribution in [0.4, 0.5) is 11.6 Å². The van der Waals surface area contributed by atoms with Gasteiger partial charge in [0.05, 0.1) is 17.2 Å². The number of imidazole rings is 1. The fourth-order valence-corrected chi connectivity index (χ4v) is 4.56. The molecule has 3 N–H and O–H groups in total. The Morgan fingerprint density at radius 3 is 2.77 bits per heavy atom. The van der Waals surface area contributed by atoms with Gasteiger partial charge in [-0.15, -0.1) is 0 Å². The Balaban J connectivity index is 1.46. The highest BCUT2D eigenvalue weighted by atomic mass is 16.5. The number of benzene rings is 1. The van der Waals surface area contributed by atoms with E-state index < -0.39 is 0 Å². The number of hydrogen-bond acceptors (Lipinski definition) is 7. The number of carbonyl (C=O) groups excluding carboxylic acids is 1. The molecule has 0 spiro atoms. The van der Waals surface area contributed by atoms with Crippen LogP contribution in [-0.2, 0) is 4.74 Å². The zero-order valence-corrected chi connectivity index (χ0v) is 19.5. The van der Waals surface area contributed by atoms with E-state index in [4.69, 9.17) is 20.7 Å². The van der Waals surface area contributed by atoms with E-state index in [1.54, 1.807) is 24.4 Å². The number of ether oxygens (including phenoxy) is 1. The Hall–Kier alpha value is -4.29. The number of rotatable bonds is 4. The summed E-state index contributed by atoms with van der Waals surface area (Å²) in [6.07, 6.45) is 6.80. The maximum absolute atomic E-state index is 12.7. The number of pyridine rings is 1. The number of carbonyl (C=O) groups is 1. The predicted octanol–water partition coefficient (Wildman–Crippen LogP) is 4.17. The Morgan fingerprint density at radius 1 is 1.23 bits per heavy atom. The van der Waals surface area contributed by atoms with Gasteiger partial charge in [-0.3, -0.25) is 9.20 Å². The molecule has 35 heavy (non-hydrogen) atoms. The van der Waals surface area contributed by atoms with E-state index in [1.807, 2.05) is 28.8 Å². The minimum absolute atomic E-state index is 0.218. The van der Waals surface area contributed by atoms with Crippen molar-refractivity contribution in [2.75, 3.05) is 17.7 Å². The van der Waals surface area contributed by atoms with Crippen LogP contribution < -0.4 is 11.1 Å². The van der Waals surface area contributed by atoms with E-state index in [9.17, 15) is 4.79 Å². The number of anilines is 2. The first-order valence-corrected chi connectivity index (χ1v) is 11.4. The molecule has 1 fully saturated rings. The van der Waals surface area contributed by atoms with Crippen LogP contribution in [0, 0.1) is 11.3 Å². The second-order valence-corrected chi connectivity index (χ2v) is 9.22. The van der Waals surface area contributed by atoms with Gasteiger partial charge in [0.25, 0.3) is 5.91 Å². The molecule has 0 saturated carbocycles. The molecule has 3 aromatic heterocycles. The lowest BCUT2D eigenvalue weighted by atomic mass is 9.88. The second kappa shape index (κ2) is 8.81. The highest BCUT2D eigenvalue weighted by Crippen LogP contribution is 2.38. The largest absolute Gasteiger partial charge is 0.382 e. The number of nitrogen functional groups attached to an aromatic ring is 1. The average Bonchev–Trinajstić information content (AvgIpc) is 3.25. The molecule has 1 unspecified atom stereocenters. The van der Waals surface area contributed by atoms with E-state index >= 15 is 0 Å². The Bertz CT molecular complexity index is 1450. The number of nitriles is 1. The van der Waals surface area contributed by atoms with Gasteiger partial charge in [0.15, 0.2) is 0 Å². The Labute approximate surface area is 202 Å². The van der Waals surface area contributed by atoms with Gasteiger partial charge in [0.1, 0.15) is 28.7 Å². The summed E-state index contributed by atoms with van der Waals surface area (Å²) in [5.41, 5.74) is 9.26. The summed E-state index contributed by atoms with van der Waals surface area (Å²) >= 11 is 0. The van der Waals surface area contributed by atoms with Crippen LogP contribution in [0.3, 0.4) is 0 Å². The summed E-state index contributed by atoms with van der Waals surface area (Å²) in [6.45, 7) is 4.88. The third-order valence-corrected chi connectivity index (χ3v) is 6.22. The molecular weight excluding hydrogens is 442 g/mol. The summed E-state index contributed by atoms with van der Waals surface area (Å²) in [4.78, 5) is 26.1. The maximum Gasteiger partial charge on any atom is 0.256 e. The quantitative estimate of drug-likeness (QED) is 0.460. The molecule has 5 rings (SSSR count). The predicted molar refractivity (Wildman–Crippen MR) is 132 cm³/mol. The van der Waals surface area contributed by atoms with Crippen molar-refractivity contribution in [3.05, 3.63) is 71.9 Å². The summed E-state index contributed by atoms with van der Waals surface area (Å²) in [5, 5.41) is 11.8. The standard InChI is InChI=1S/C26H25N7O2/c1-26(2)14-19(8-12-35-26)24-32-21(22-23(28)30-10-11-33(22)24)17-3-5-18(6-4-17)25(34)31-20-13-16(15-27)7-9-29-20/h3-7,9-11,13,19H,8,12,14H2,1-2H3,(H2,28,30)(H,29,31,34). The molecule has 0 radical (unpaired) electrons. The topological polar surface area (TPSA) is 131 Å². The number of fused-ring (bicyclic) bond motifs is 1. The maximum atomic E-state index is 12.7. The highest BCUT2D eigenvalue weighted by Gasteiger charge is 2.33. The second-order valence-electron chi connectivity index (χ2n) is 9.22. The van der Waals surface area contributed by atoms with Crippen molar-refractivity contribution in [1.29, 1.82) is 5.26 Å². The average molecular weight is 468 g/mol. The summed E-state index contributed by atoms with van der Waals surface area (Å²) < 4.78 is 7.93. The van der Waals surface area contributed by atoms with Crippen molar-refractivity contribution in [3.63, 3.8) is 0 Å². The highest BCUT2D eigenvalue weighted by molar-refractivity contribution is 6.04. The first-order valence-electron chi connectivity index (χ1n) is 11.4. The van der Waals surface area contributed by atoms with Gasteiger partial charge in [0.2, 0.25) is 0 Å². The van der Waals surface area contributed by atoms with Crippen LogP contribution in [0.1, 0.15) is 54.4 Å². The van der Waals surface area contributed by atoms with Crippen LogP contribution in [0.2, 0.25) is 0 Å². The normalized spacial score (nSPS) is 17.1. The summed E-state index contributed by atoms with van der Waals surface area (Å²) in [7, 11) is 0. The van der Waals surface area contributed by atoms with Crippen LogP contribution >= 0.6 is 0 Å². The van der Waals surface area contributed by atoms with E-state index in [0.29, 0.717) is 29.4 Å². The smallest absolute Gasteiger partial charge is 0.256 e. The van der Waals surface area contributed by atoms with Gasteiger partial charge in [0, 0.05) is 42.2 Å². The lowest BCUT2D eigenvalue weighted by Crippen LogP contribution is -2.33. The zero-order valence-electron chi connectivity index (χ0n) is 19.5. The molecule has 1 amide bonds. The van der Waals surface area contributed by atoms with Crippen molar-refractivity contribution >= 4 is 23.1 Å². The van der Waals surface area contributed by atoms with Crippen molar-refractivity contribution in [1.82, 2.24) is 19.4 Å². The molecular formula is C26H25N7O2. The van der Waals surface area contributed by atoms with E-state index in [2.05, 4.69) is 29.1 Å². The number of amides is 1. The molecule has 1 aliphatic heterocycles. The number of hydrogen-bond donors (Lipinski definition) is 2. The molecule has 9 nitrogen and oxygen atoms in total. The Kier molecular flexibility index (Phi) is 5.67. The molecule has 9 heteroatoms. The minimum Gasteiger partial charge on any atom is -0.382 e. The van der Waals surface area contributed by atoms with Crippen molar-refractivity contribution in [3.8, 4) is 17.3 Å². The summed E-state index contributed by atoms with van der Waals surface area (Å²) in [6, 6.07) is 12.3. The fraction of sp³-hybridized carbons (Fsp3) is 0.269. The van der Waals surface area contributed by atoms with Crippen molar-refractivity contribution in [2.45, 2.75) is 38.2 Å². The first-order chi connectivity index (χ1) is 16.8. The van der Waals surface area contributed by atoms with Crippen LogP contribution in [-0.4, -0.2) is 37.5 Å². The van der Waals surface area contributed by atoms with E-state index in [-0.39, 0.29) is 17.4 Å². The van der Waals surface area contributed by atoms with Crippen LogP contribution in [0.5, 0.6) is 0 Å². The lowest BCUT2D eigenvalue weighted by molar-refractivity contribution is -0.0603. The number of nitrogens with one attached hydrogen (secondary N) is 1. The van der Waals surface area contributed by atoms with E-state index in [1.165, 1.54) is 12.3 Å². The molecule has 1 saturated heterocycles. The molecule has 4 heterocycles. The van der Waals surface area contributed by atoms with Gasteiger partial charge < -0.3 is 15.8 Å². The molecule has 0 aliphatic carbocycles. The lowest BCUT2D eigenvalue weighted by Gasteiger charge is -2.34. The Morgan fingerprint density at radius 2 is 2.03 bits per heavy atom. The first kappa shape index (κ1) is 22.5. The SMILES string of the molecule is CC1(C)CC(c2nc(-c3ccc(C(=O)Nc4cc(C#N)ccn4)cc3)c3c(N)nccn23)CCO1. The number of aromatic nitrogens is 4. The third kappa shape index (κ3) is 4.44. The molecule has 176 valence electrons. The van der Waals surface area contributed by atoms with Gasteiger partial charge in [-0.05, 0) is 51.0 Å². The van der Waals surface area contributed by atoms with Gasteiger partial charge in [-0.25, -0.2) is 15.0 Å².